The van der Waals surface area contributed by atoms with E-state index in [1.54, 1.807) is 7.11 Å². The first kappa shape index (κ1) is 17.4. The Labute approximate surface area is 123 Å². The highest BCUT2D eigenvalue weighted by Gasteiger charge is 2.25. The van der Waals surface area contributed by atoms with Crippen molar-refractivity contribution >= 4 is 5.91 Å². The number of carbonyl (C=O) groups excluding carboxylic acids is 1. The molecule has 1 aliphatic rings. The lowest BCUT2D eigenvalue weighted by atomic mass is 9.91. The maximum absolute atomic E-state index is 11.9. The predicted octanol–water partition coefficient (Wildman–Crippen LogP) is 0.849. The topological polar surface area (TPSA) is 53.6 Å². The number of rotatable bonds is 9. The Morgan fingerprint density at radius 3 is 3.00 bits per heavy atom. The summed E-state index contributed by atoms with van der Waals surface area (Å²) in [6.07, 6.45) is 3.33. The average molecular weight is 285 g/mol. The fraction of sp³-hybridized carbons (Fsp3) is 0.933. The third-order valence-corrected chi connectivity index (χ3v) is 3.99. The van der Waals surface area contributed by atoms with Crippen molar-refractivity contribution in [1.29, 1.82) is 0 Å². The summed E-state index contributed by atoms with van der Waals surface area (Å²) < 4.78 is 4.97. The number of carbonyl (C=O) groups is 1. The maximum Gasteiger partial charge on any atom is 0.234 e. The van der Waals surface area contributed by atoms with Gasteiger partial charge in [-0.2, -0.15) is 0 Å². The summed E-state index contributed by atoms with van der Waals surface area (Å²) in [6.45, 7) is 9.41. The van der Waals surface area contributed by atoms with Crippen LogP contribution in [0, 0.1) is 5.92 Å². The zero-order valence-electron chi connectivity index (χ0n) is 13.3. The number of nitrogens with zero attached hydrogens (tertiary/aromatic N) is 1. The van der Waals surface area contributed by atoms with E-state index in [9.17, 15) is 4.79 Å². The summed E-state index contributed by atoms with van der Waals surface area (Å²) >= 11 is 0. The van der Waals surface area contributed by atoms with Crippen LogP contribution in [0.2, 0.25) is 0 Å². The fourth-order valence-corrected chi connectivity index (χ4v) is 2.83. The quantitative estimate of drug-likeness (QED) is 0.617. The predicted molar refractivity (Wildman–Crippen MR) is 81.8 cm³/mol. The number of amides is 1. The number of nitrogens with one attached hydrogen (secondary N) is 2. The van der Waals surface area contributed by atoms with Gasteiger partial charge in [-0.15, -0.1) is 0 Å². The lowest BCUT2D eigenvalue weighted by molar-refractivity contribution is -0.122. The van der Waals surface area contributed by atoms with E-state index < -0.39 is 0 Å². The van der Waals surface area contributed by atoms with Gasteiger partial charge in [-0.25, -0.2) is 0 Å². The molecule has 0 radical (unpaired) electrons. The molecule has 2 atom stereocenters. The molecule has 1 fully saturated rings. The molecule has 0 bridgehead atoms. The van der Waals surface area contributed by atoms with Gasteiger partial charge in [0.1, 0.15) is 0 Å². The molecule has 5 heteroatoms. The second-order valence-corrected chi connectivity index (χ2v) is 5.68. The molecule has 0 aromatic carbocycles. The smallest absolute Gasteiger partial charge is 0.234 e. The van der Waals surface area contributed by atoms with Crippen LogP contribution < -0.4 is 10.6 Å². The van der Waals surface area contributed by atoms with Crippen LogP contribution in [0.3, 0.4) is 0 Å². The van der Waals surface area contributed by atoms with E-state index in [0.29, 0.717) is 31.7 Å². The van der Waals surface area contributed by atoms with Crippen LogP contribution in [0.5, 0.6) is 0 Å². The average Bonchev–Trinajstić information content (AvgIpc) is 2.44. The molecule has 1 aliphatic heterocycles. The number of piperidine rings is 1. The zero-order valence-corrected chi connectivity index (χ0v) is 13.3. The SMILES string of the molecule is CCNC(C)C1CCCN(CC(=O)NCCCOC)C1. The summed E-state index contributed by atoms with van der Waals surface area (Å²) in [5.74, 6) is 0.794. The molecule has 1 saturated heterocycles. The molecule has 0 saturated carbocycles. The summed E-state index contributed by atoms with van der Waals surface area (Å²) in [6, 6.07) is 0.535. The number of hydrogen-bond donors (Lipinski definition) is 2. The highest BCUT2D eigenvalue weighted by Crippen LogP contribution is 2.19. The second-order valence-electron chi connectivity index (χ2n) is 5.68. The highest BCUT2D eigenvalue weighted by atomic mass is 16.5. The molecule has 0 aliphatic carbocycles. The zero-order chi connectivity index (χ0) is 14.8. The van der Waals surface area contributed by atoms with Crippen LogP contribution in [-0.4, -0.2) is 63.3 Å². The van der Waals surface area contributed by atoms with Crippen molar-refractivity contribution in [3.63, 3.8) is 0 Å². The third-order valence-electron chi connectivity index (χ3n) is 3.99. The molecule has 2 N–H and O–H groups in total. The fourth-order valence-electron chi connectivity index (χ4n) is 2.83. The Morgan fingerprint density at radius 1 is 1.50 bits per heavy atom. The van der Waals surface area contributed by atoms with Crippen LogP contribution in [-0.2, 0) is 9.53 Å². The van der Waals surface area contributed by atoms with E-state index in [0.717, 1.165) is 26.1 Å². The Kier molecular flexibility index (Phi) is 8.82. The largest absolute Gasteiger partial charge is 0.385 e. The van der Waals surface area contributed by atoms with E-state index in [4.69, 9.17) is 4.74 Å². The van der Waals surface area contributed by atoms with Gasteiger partial charge in [0.25, 0.3) is 0 Å². The Hall–Kier alpha value is -0.650. The summed E-state index contributed by atoms with van der Waals surface area (Å²) in [5, 5.41) is 6.45. The molecule has 1 amide bonds. The van der Waals surface area contributed by atoms with Gasteiger partial charge in [0.2, 0.25) is 5.91 Å². The molecule has 2 unspecified atom stereocenters. The first-order valence-electron chi connectivity index (χ1n) is 7.88. The van der Waals surface area contributed by atoms with Gasteiger partial charge in [-0.1, -0.05) is 6.92 Å². The summed E-state index contributed by atoms with van der Waals surface area (Å²) in [5.41, 5.74) is 0. The minimum atomic E-state index is 0.137. The minimum Gasteiger partial charge on any atom is -0.385 e. The lowest BCUT2D eigenvalue weighted by Crippen LogP contribution is -2.47. The van der Waals surface area contributed by atoms with Crippen molar-refractivity contribution < 1.29 is 9.53 Å². The second kappa shape index (κ2) is 10.1. The summed E-state index contributed by atoms with van der Waals surface area (Å²) in [4.78, 5) is 14.2. The standard InChI is InChI=1S/C15H31N3O2/c1-4-16-13(2)14-7-5-9-18(11-14)12-15(19)17-8-6-10-20-3/h13-14,16H,4-12H2,1-3H3,(H,17,19). The van der Waals surface area contributed by atoms with E-state index in [-0.39, 0.29) is 5.91 Å². The highest BCUT2D eigenvalue weighted by molar-refractivity contribution is 5.77. The van der Waals surface area contributed by atoms with Crippen LogP contribution in [0.25, 0.3) is 0 Å². The van der Waals surface area contributed by atoms with Crippen molar-refractivity contribution in [3.05, 3.63) is 0 Å². The summed E-state index contributed by atoms with van der Waals surface area (Å²) in [7, 11) is 1.68. The normalized spacial score (nSPS) is 21.6. The van der Waals surface area contributed by atoms with Crippen LogP contribution >= 0.6 is 0 Å². The van der Waals surface area contributed by atoms with E-state index in [1.165, 1.54) is 12.8 Å². The van der Waals surface area contributed by atoms with Crippen LogP contribution in [0.1, 0.15) is 33.1 Å². The van der Waals surface area contributed by atoms with Crippen molar-refractivity contribution in [2.45, 2.75) is 39.2 Å². The Morgan fingerprint density at radius 2 is 2.30 bits per heavy atom. The van der Waals surface area contributed by atoms with Crippen molar-refractivity contribution in [2.75, 3.05) is 46.4 Å². The molecule has 0 spiro atoms. The minimum absolute atomic E-state index is 0.137. The molecule has 1 rings (SSSR count). The third kappa shape index (κ3) is 6.68. The van der Waals surface area contributed by atoms with Gasteiger partial charge < -0.3 is 15.4 Å². The molecule has 1 heterocycles. The Bertz CT molecular complexity index is 274. The molecule has 20 heavy (non-hydrogen) atoms. The van der Waals surface area contributed by atoms with Gasteiger partial charge in [-0.3, -0.25) is 9.69 Å². The molecule has 118 valence electrons. The van der Waals surface area contributed by atoms with Crippen LogP contribution in [0.4, 0.5) is 0 Å². The van der Waals surface area contributed by atoms with Gasteiger partial charge in [0.05, 0.1) is 6.54 Å². The monoisotopic (exact) mass is 285 g/mol. The van der Waals surface area contributed by atoms with Crippen molar-refractivity contribution in [2.24, 2.45) is 5.92 Å². The maximum atomic E-state index is 11.9. The van der Waals surface area contributed by atoms with Crippen molar-refractivity contribution in [1.82, 2.24) is 15.5 Å². The Balaban J connectivity index is 2.23. The van der Waals surface area contributed by atoms with Gasteiger partial charge in [-0.05, 0) is 45.2 Å². The van der Waals surface area contributed by atoms with E-state index >= 15 is 0 Å². The lowest BCUT2D eigenvalue weighted by Gasteiger charge is -2.35. The van der Waals surface area contributed by atoms with Gasteiger partial charge in [0, 0.05) is 32.8 Å². The van der Waals surface area contributed by atoms with E-state index in [1.807, 2.05) is 0 Å². The number of likely N-dealkylation sites (tertiary alicyclic amines) is 1. The number of hydrogen-bond acceptors (Lipinski definition) is 4. The molecule has 0 aromatic rings. The molecular formula is C15H31N3O2. The van der Waals surface area contributed by atoms with Crippen LogP contribution in [0.15, 0.2) is 0 Å². The molecule has 5 nitrogen and oxygen atoms in total. The van der Waals surface area contributed by atoms with Gasteiger partial charge in [0.15, 0.2) is 0 Å². The first-order chi connectivity index (χ1) is 9.67. The van der Waals surface area contributed by atoms with E-state index in [2.05, 4.69) is 29.4 Å². The molecule has 0 aromatic heterocycles. The number of ether oxygens (including phenoxy) is 1. The first-order valence-corrected chi connectivity index (χ1v) is 7.88. The molecular weight excluding hydrogens is 254 g/mol. The number of methoxy groups -OCH3 is 1. The van der Waals surface area contributed by atoms with Crippen molar-refractivity contribution in [3.8, 4) is 0 Å². The van der Waals surface area contributed by atoms with Gasteiger partial charge >= 0.3 is 0 Å².